The Bertz CT molecular complexity index is 1410. The Kier molecular flexibility index (Phi) is 4.79. The van der Waals surface area contributed by atoms with Crippen LogP contribution in [0.15, 0.2) is 48.7 Å². The quantitative estimate of drug-likeness (QED) is 0.417. The van der Waals surface area contributed by atoms with Gasteiger partial charge in [0, 0.05) is 31.4 Å². The molecule has 1 aromatic carbocycles. The molecular formula is C23H24ClN7. The van der Waals surface area contributed by atoms with E-state index in [1.165, 1.54) is 5.56 Å². The Morgan fingerprint density at radius 1 is 0.968 bits per heavy atom. The molecular weight excluding hydrogens is 410 g/mol. The zero-order valence-corrected chi connectivity index (χ0v) is 18.8. The van der Waals surface area contributed by atoms with Crippen molar-refractivity contribution in [2.24, 2.45) is 7.05 Å². The maximum atomic E-state index is 6.47. The van der Waals surface area contributed by atoms with Crippen LogP contribution in [0.1, 0.15) is 17.0 Å². The second kappa shape index (κ2) is 7.51. The van der Waals surface area contributed by atoms with Crippen LogP contribution >= 0.6 is 11.6 Å². The highest BCUT2D eigenvalue weighted by Crippen LogP contribution is 2.30. The lowest BCUT2D eigenvalue weighted by Crippen LogP contribution is -2.11. The van der Waals surface area contributed by atoms with Gasteiger partial charge in [-0.15, -0.1) is 10.2 Å². The van der Waals surface area contributed by atoms with Gasteiger partial charge in [0.25, 0.3) is 0 Å². The number of pyridine rings is 1. The van der Waals surface area contributed by atoms with E-state index in [4.69, 9.17) is 11.6 Å². The minimum absolute atomic E-state index is 0.684. The largest absolute Gasteiger partial charge is 0.333 e. The molecule has 5 rings (SSSR count). The van der Waals surface area contributed by atoms with E-state index in [1.54, 1.807) is 0 Å². The maximum absolute atomic E-state index is 6.47. The van der Waals surface area contributed by atoms with E-state index in [2.05, 4.69) is 61.5 Å². The second-order valence-electron chi connectivity index (χ2n) is 8.24. The molecule has 7 nitrogen and oxygen atoms in total. The Morgan fingerprint density at radius 2 is 1.77 bits per heavy atom. The number of benzene rings is 1. The summed E-state index contributed by atoms with van der Waals surface area (Å²) in [6.07, 6.45) is 1.96. The molecule has 31 heavy (non-hydrogen) atoms. The molecule has 0 fully saturated rings. The summed E-state index contributed by atoms with van der Waals surface area (Å²) in [6, 6.07) is 14.6. The van der Waals surface area contributed by atoms with Crippen molar-refractivity contribution in [2.45, 2.75) is 20.0 Å². The van der Waals surface area contributed by atoms with Crippen LogP contribution in [0.2, 0.25) is 5.02 Å². The molecule has 0 saturated heterocycles. The number of hydrogen-bond donors (Lipinski definition) is 0. The van der Waals surface area contributed by atoms with Crippen LogP contribution in [0.3, 0.4) is 0 Å². The maximum Gasteiger partial charge on any atom is 0.161 e. The summed E-state index contributed by atoms with van der Waals surface area (Å²) in [5.41, 5.74) is 7.32. The van der Waals surface area contributed by atoms with Gasteiger partial charge in [0.05, 0.1) is 16.7 Å². The number of rotatable bonds is 5. The molecule has 4 heterocycles. The van der Waals surface area contributed by atoms with Crippen molar-refractivity contribution in [3.8, 4) is 11.4 Å². The van der Waals surface area contributed by atoms with Gasteiger partial charge in [0.1, 0.15) is 11.5 Å². The van der Waals surface area contributed by atoms with Gasteiger partial charge < -0.3 is 9.47 Å². The van der Waals surface area contributed by atoms with Gasteiger partial charge in [-0.05, 0) is 68.5 Å². The molecule has 0 bridgehead atoms. The summed E-state index contributed by atoms with van der Waals surface area (Å²) in [5, 5.41) is 14.0. The first-order valence-electron chi connectivity index (χ1n) is 10.2. The summed E-state index contributed by atoms with van der Waals surface area (Å²) in [7, 11) is 6.06. The molecule has 0 aliphatic heterocycles. The van der Waals surface area contributed by atoms with Crippen LogP contribution in [-0.4, -0.2) is 47.9 Å². The summed E-state index contributed by atoms with van der Waals surface area (Å²) >= 11 is 6.47. The minimum Gasteiger partial charge on any atom is -0.333 e. The topological polar surface area (TPSA) is 56.2 Å². The minimum atomic E-state index is 0.684. The van der Waals surface area contributed by atoms with Crippen molar-refractivity contribution in [1.82, 2.24) is 33.8 Å². The number of nitrogens with zero attached hydrogens (tertiary/aromatic N) is 7. The molecule has 0 N–H and O–H groups in total. The monoisotopic (exact) mass is 433 g/mol. The fraction of sp³-hybridized carbons (Fsp3) is 0.261. The molecule has 0 saturated carbocycles. The molecule has 5 aromatic rings. The summed E-state index contributed by atoms with van der Waals surface area (Å²) < 4.78 is 6.21. The lowest BCUT2D eigenvalue weighted by atomic mass is 10.1. The first-order chi connectivity index (χ1) is 14.9. The average Bonchev–Trinajstić information content (AvgIpc) is 3.38. The molecule has 0 spiro atoms. The van der Waals surface area contributed by atoms with Crippen LogP contribution in [0.4, 0.5) is 0 Å². The number of aromatic nitrogens is 6. The highest BCUT2D eigenvalue weighted by Gasteiger charge is 2.17. The van der Waals surface area contributed by atoms with Crippen molar-refractivity contribution in [3.05, 3.63) is 70.6 Å². The summed E-state index contributed by atoms with van der Waals surface area (Å²) in [6.45, 7) is 3.50. The second-order valence-corrected chi connectivity index (χ2v) is 8.68. The molecule has 0 amide bonds. The van der Waals surface area contributed by atoms with E-state index in [0.717, 1.165) is 51.0 Å². The third-order valence-corrected chi connectivity index (χ3v) is 5.65. The standard InChI is InChI=1S/C23H24ClN7/c1-15-25-26-23-6-5-20-22(31(15)23)12-21(19-7-8-29(4)27-19)30(20)14-17-9-16(13-28(2)3)10-18(24)11-17/h5-12H,13-14H2,1-4H3. The number of fused-ring (bicyclic) bond motifs is 3. The number of aryl methyl sites for hydroxylation is 2. The first kappa shape index (κ1) is 19.8. The van der Waals surface area contributed by atoms with Crippen molar-refractivity contribution in [1.29, 1.82) is 0 Å². The van der Waals surface area contributed by atoms with Crippen molar-refractivity contribution in [2.75, 3.05) is 14.1 Å². The predicted octanol–water partition coefficient (Wildman–Crippen LogP) is 4.16. The van der Waals surface area contributed by atoms with E-state index < -0.39 is 0 Å². The van der Waals surface area contributed by atoms with Crippen molar-refractivity contribution >= 4 is 28.3 Å². The Morgan fingerprint density at radius 3 is 2.52 bits per heavy atom. The van der Waals surface area contributed by atoms with Crippen molar-refractivity contribution in [3.63, 3.8) is 0 Å². The van der Waals surface area contributed by atoms with Gasteiger partial charge in [0.15, 0.2) is 5.65 Å². The van der Waals surface area contributed by atoms with Gasteiger partial charge >= 0.3 is 0 Å². The molecule has 8 heteroatoms. The fourth-order valence-electron chi connectivity index (χ4n) is 4.22. The third kappa shape index (κ3) is 3.60. The lowest BCUT2D eigenvalue weighted by molar-refractivity contribution is 0.402. The molecule has 0 aliphatic rings. The molecule has 0 aliphatic carbocycles. The van der Waals surface area contributed by atoms with E-state index in [0.29, 0.717) is 6.54 Å². The lowest BCUT2D eigenvalue weighted by Gasteiger charge is -2.14. The van der Waals surface area contributed by atoms with Gasteiger partial charge in [-0.2, -0.15) is 5.10 Å². The predicted molar refractivity (Wildman–Crippen MR) is 123 cm³/mol. The van der Waals surface area contributed by atoms with E-state index in [1.807, 2.05) is 49.1 Å². The Balaban J connectivity index is 1.71. The van der Waals surface area contributed by atoms with Gasteiger partial charge in [0.2, 0.25) is 0 Å². The third-order valence-electron chi connectivity index (χ3n) is 5.43. The zero-order chi connectivity index (χ0) is 21.7. The molecule has 4 aromatic heterocycles. The smallest absolute Gasteiger partial charge is 0.161 e. The van der Waals surface area contributed by atoms with Crippen LogP contribution in [0.5, 0.6) is 0 Å². The molecule has 0 unspecified atom stereocenters. The first-order valence-corrected chi connectivity index (χ1v) is 10.5. The fourth-order valence-corrected chi connectivity index (χ4v) is 4.50. The van der Waals surface area contributed by atoms with Crippen LogP contribution < -0.4 is 0 Å². The van der Waals surface area contributed by atoms with Gasteiger partial charge in [-0.3, -0.25) is 9.08 Å². The normalized spacial score (nSPS) is 11.9. The molecule has 158 valence electrons. The number of hydrogen-bond acceptors (Lipinski definition) is 4. The highest BCUT2D eigenvalue weighted by molar-refractivity contribution is 6.30. The van der Waals surface area contributed by atoms with E-state index in [-0.39, 0.29) is 0 Å². The van der Waals surface area contributed by atoms with Gasteiger partial charge in [-0.1, -0.05) is 17.7 Å². The van der Waals surface area contributed by atoms with Crippen LogP contribution in [0, 0.1) is 6.92 Å². The van der Waals surface area contributed by atoms with Crippen molar-refractivity contribution < 1.29 is 0 Å². The Hall–Kier alpha value is -3.16. The Labute approximate surface area is 185 Å². The number of halogens is 1. The van der Waals surface area contributed by atoms with E-state index >= 15 is 0 Å². The summed E-state index contributed by atoms with van der Waals surface area (Å²) in [5.74, 6) is 0.862. The summed E-state index contributed by atoms with van der Waals surface area (Å²) in [4.78, 5) is 2.14. The van der Waals surface area contributed by atoms with Crippen LogP contribution in [0.25, 0.3) is 28.1 Å². The van der Waals surface area contributed by atoms with E-state index in [9.17, 15) is 0 Å². The zero-order valence-electron chi connectivity index (χ0n) is 18.0. The highest BCUT2D eigenvalue weighted by atomic mass is 35.5. The van der Waals surface area contributed by atoms with Crippen LogP contribution in [-0.2, 0) is 20.1 Å². The molecule has 0 atom stereocenters. The van der Waals surface area contributed by atoms with Gasteiger partial charge in [-0.25, -0.2) is 0 Å². The average molecular weight is 434 g/mol. The SMILES string of the molecule is Cc1nnc2ccc3c(cc(-c4ccn(C)n4)n3Cc3cc(Cl)cc(CN(C)C)c3)n12. The molecule has 0 radical (unpaired) electrons.